The van der Waals surface area contributed by atoms with Crippen LogP contribution < -0.4 is 0 Å². The molecule has 4 heavy (non-hydrogen) atoms. The molecule has 0 rings (SSSR count). The third kappa shape index (κ3) is 21.9. The molecule has 21 valence electrons. The summed E-state index contributed by atoms with van der Waals surface area (Å²) in [7, 11) is 1.72. The molecule has 1 unspecified atom stereocenters. The van der Waals surface area contributed by atoms with Crippen LogP contribution in [0.15, 0.2) is 0 Å². The van der Waals surface area contributed by atoms with E-state index in [0.29, 0.717) is 0 Å². The van der Waals surface area contributed by atoms with Crippen molar-refractivity contribution in [2.24, 2.45) is 0 Å². The molecule has 0 aromatic heterocycles. The molecule has 0 spiro atoms. The molecule has 0 aromatic carbocycles. The van der Waals surface area contributed by atoms with Gasteiger partial charge in [-0.2, -0.15) is 9.90 Å². The van der Waals surface area contributed by atoms with Crippen LogP contribution in [-0.2, 0) is 4.46 Å². The number of hydrogen-bond donors (Lipinski definition) is 0. The van der Waals surface area contributed by atoms with E-state index in [-0.39, 0.29) is 18.3 Å². The zero-order chi connectivity index (χ0) is 2.00. The Morgan fingerprint density at radius 3 is 1.25 bits per heavy atom. The molecule has 1 nitrogen and oxygen atoms in total. The zero-order valence-corrected chi connectivity index (χ0v) is 4.61. The minimum atomic E-state index is 0. The van der Waals surface area contributed by atoms with Crippen molar-refractivity contribution in [1.82, 2.24) is 0 Å². The van der Waals surface area contributed by atoms with Gasteiger partial charge in [-0.05, 0) is 0 Å². The van der Waals surface area contributed by atoms with Crippen LogP contribution in [0, 0.1) is 0 Å². The minimum absolute atomic E-state index is 0. The van der Waals surface area contributed by atoms with E-state index in [1.807, 2.05) is 0 Å². The molecular formula is H3BOPSi. The Bertz CT molecular complexity index is 8.00. The van der Waals surface area contributed by atoms with Crippen molar-refractivity contribution < 1.29 is 4.46 Å². The average molecular weight is 88.9 g/mol. The first kappa shape index (κ1) is 24.3. The molecule has 0 aromatic rings. The summed E-state index contributed by atoms with van der Waals surface area (Å²) in [5.41, 5.74) is 0. The van der Waals surface area contributed by atoms with Gasteiger partial charge in [0.2, 0.25) is 0 Å². The third-order valence-corrected chi connectivity index (χ3v) is 0. The van der Waals surface area contributed by atoms with E-state index in [2.05, 4.69) is 0 Å². The maximum Gasteiger partial charge on any atom is 0.381 e. The first-order valence-corrected chi connectivity index (χ1v) is 0.612. The second-order valence-electron chi connectivity index (χ2n) is 0. The van der Waals surface area contributed by atoms with Crippen molar-refractivity contribution in [3.63, 3.8) is 0 Å². The predicted octanol–water partition coefficient (Wildman–Crippen LogP) is -0.822. The maximum absolute atomic E-state index is 8.06. The second kappa shape index (κ2) is 84.6. The lowest BCUT2D eigenvalue weighted by molar-refractivity contribution is 0.590. The molecular weight excluding hydrogens is 85.9 g/mol. The quantitative estimate of drug-likeness (QED) is 0.280. The van der Waals surface area contributed by atoms with Gasteiger partial charge in [0.25, 0.3) is 0 Å². The van der Waals surface area contributed by atoms with Gasteiger partial charge < -0.3 is 4.46 Å². The standard InChI is InChI=1S/B.OSi.H3P/c;1-2;/h;;1H3. The Morgan fingerprint density at radius 2 is 1.25 bits per heavy atom. The number of rotatable bonds is 0. The van der Waals surface area contributed by atoms with Crippen LogP contribution in [0.25, 0.3) is 0 Å². The highest BCUT2D eigenvalue weighted by Crippen LogP contribution is 0.861. The van der Waals surface area contributed by atoms with E-state index in [9.17, 15) is 0 Å². The van der Waals surface area contributed by atoms with Crippen LogP contribution in [-0.4, -0.2) is 18.5 Å². The summed E-state index contributed by atoms with van der Waals surface area (Å²) in [4.78, 5) is 0. The lowest BCUT2D eigenvalue weighted by atomic mass is 10.8. The molecule has 5 radical (unpaired) electrons. The van der Waals surface area contributed by atoms with Crippen molar-refractivity contribution in [3.05, 3.63) is 0 Å². The van der Waals surface area contributed by atoms with Crippen LogP contribution in [0.1, 0.15) is 0 Å². The molecule has 0 bridgehead atoms. The molecule has 0 amide bonds. The summed E-state index contributed by atoms with van der Waals surface area (Å²) in [6, 6.07) is 0. The molecule has 0 fully saturated rings. The van der Waals surface area contributed by atoms with Gasteiger partial charge in [-0.25, -0.2) is 0 Å². The fourth-order valence-corrected chi connectivity index (χ4v) is 0. The Kier molecular flexibility index (Phi) is 515. The van der Waals surface area contributed by atoms with Gasteiger partial charge in [-0.3, -0.25) is 0 Å². The average Bonchev–Trinajstić information content (AvgIpc) is 1.00. The lowest BCUT2D eigenvalue weighted by Gasteiger charge is -0.803. The largest absolute Gasteiger partial charge is 0.381 e. The van der Waals surface area contributed by atoms with Crippen LogP contribution >= 0.6 is 9.90 Å². The van der Waals surface area contributed by atoms with E-state index >= 15 is 0 Å². The first-order chi connectivity index (χ1) is 1.00. The van der Waals surface area contributed by atoms with Crippen molar-refractivity contribution in [1.29, 1.82) is 0 Å². The molecule has 0 heterocycles. The topological polar surface area (TPSA) is 17.1 Å². The van der Waals surface area contributed by atoms with E-state index in [1.54, 1.807) is 10.1 Å². The van der Waals surface area contributed by atoms with Crippen LogP contribution in [0.3, 0.4) is 0 Å². The lowest BCUT2D eigenvalue weighted by Crippen LogP contribution is -0.969. The van der Waals surface area contributed by atoms with Crippen LogP contribution in [0.2, 0.25) is 0 Å². The monoisotopic (exact) mass is 89.0 g/mol. The van der Waals surface area contributed by atoms with Gasteiger partial charge in [0.15, 0.2) is 0 Å². The van der Waals surface area contributed by atoms with Crippen molar-refractivity contribution >= 4 is 28.4 Å². The van der Waals surface area contributed by atoms with Crippen molar-refractivity contribution in [2.75, 3.05) is 0 Å². The summed E-state index contributed by atoms with van der Waals surface area (Å²) in [6.07, 6.45) is 0. The molecule has 0 aliphatic heterocycles. The Morgan fingerprint density at radius 1 is 1.25 bits per heavy atom. The molecule has 0 aliphatic carbocycles. The van der Waals surface area contributed by atoms with Crippen LogP contribution in [0.4, 0.5) is 0 Å². The Balaban J connectivity index is -0.00000000500. The zero-order valence-electron chi connectivity index (χ0n) is 2.19. The van der Waals surface area contributed by atoms with Crippen molar-refractivity contribution in [3.8, 4) is 0 Å². The molecule has 0 aliphatic rings. The van der Waals surface area contributed by atoms with Gasteiger partial charge >= 0.3 is 10.1 Å². The van der Waals surface area contributed by atoms with Crippen LogP contribution in [0.5, 0.6) is 0 Å². The summed E-state index contributed by atoms with van der Waals surface area (Å²) in [5, 5.41) is 0. The highest BCUT2D eigenvalue weighted by atomic mass is 31.0. The fourth-order valence-electron chi connectivity index (χ4n) is 0. The van der Waals surface area contributed by atoms with Gasteiger partial charge in [0, 0.05) is 8.41 Å². The normalized spacial score (nSPS) is 1.00. The molecule has 0 N–H and O–H groups in total. The summed E-state index contributed by atoms with van der Waals surface area (Å²) in [5.74, 6) is 0. The molecule has 0 saturated carbocycles. The SMILES string of the molecule is O=[Si].P.[B]. The Labute approximate surface area is 33.8 Å². The van der Waals surface area contributed by atoms with E-state index < -0.39 is 0 Å². The summed E-state index contributed by atoms with van der Waals surface area (Å²) < 4.78 is 8.06. The molecule has 4 heteroatoms. The van der Waals surface area contributed by atoms with E-state index in [4.69, 9.17) is 4.46 Å². The smallest absolute Gasteiger partial charge is 0.381 e. The van der Waals surface area contributed by atoms with Gasteiger partial charge in [0.1, 0.15) is 0 Å². The van der Waals surface area contributed by atoms with Gasteiger partial charge in [-0.1, -0.05) is 0 Å². The molecule has 1 atom stereocenters. The minimum Gasteiger partial charge on any atom is -0.381 e. The predicted molar refractivity (Wildman–Crippen MR) is 23.3 cm³/mol. The first-order valence-electron chi connectivity index (χ1n) is 0.204. The second-order valence-corrected chi connectivity index (χ2v) is 0. The van der Waals surface area contributed by atoms with Gasteiger partial charge in [0.05, 0.1) is 0 Å². The third-order valence-electron chi connectivity index (χ3n) is 0. The summed E-state index contributed by atoms with van der Waals surface area (Å²) in [6.45, 7) is 0. The fraction of sp³-hybridized carbons (Fsp3) is 0. The van der Waals surface area contributed by atoms with E-state index in [1.165, 1.54) is 0 Å². The highest BCUT2D eigenvalue weighted by Gasteiger charge is 0.803. The highest BCUT2D eigenvalue weighted by molar-refractivity contribution is 6.92. The van der Waals surface area contributed by atoms with Gasteiger partial charge in [-0.15, -0.1) is 0 Å². The van der Waals surface area contributed by atoms with E-state index in [0.717, 1.165) is 0 Å². The maximum atomic E-state index is 8.06. The number of hydrogen-bond acceptors (Lipinski definition) is 1. The molecule has 0 saturated heterocycles. The van der Waals surface area contributed by atoms with Crippen molar-refractivity contribution in [2.45, 2.75) is 0 Å². The summed E-state index contributed by atoms with van der Waals surface area (Å²) >= 11 is 0. The Hall–Kier alpha value is 0.512.